The van der Waals surface area contributed by atoms with Crippen LogP contribution in [-0.2, 0) is 35.0 Å². The number of sulfonamides is 1. The van der Waals surface area contributed by atoms with Crippen molar-refractivity contribution < 1.29 is 22.0 Å². The highest BCUT2D eigenvalue weighted by atomic mass is 32.2. The fourth-order valence-corrected chi connectivity index (χ4v) is 5.88. The van der Waals surface area contributed by atoms with Gasteiger partial charge in [-0.1, -0.05) is 19.9 Å². The van der Waals surface area contributed by atoms with Gasteiger partial charge in [0.1, 0.15) is 11.2 Å². The highest BCUT2D eigenvalue weighted by Gasteiger charge is 2.30. The van der Waals surface area contributed by atoms with E-state index in [1.54, 1.807) is 53.5 Å². The van der Waals surface area contributed by atoms with E-state index in [0.717, 1.165) is 16.5 Å². The van der Waals surface area contributed by atoms with Gasteiger partial charge in [0.25, 0.3) is 0 Å². The van der Waals surface area contributed by atoms with Crippen molar-refractivity contribution in [3.05, 3.63) is 84.8 Å². The van der Waals surface area contributed by atoms with Gasteiger partial charge in [-0.3, -0.25) is 4.79 Å². The molecule has 10 heteroatoms. The van der Waals surface area contributed by atoms with Gasteiger partial charge >= 0.3 is 0 Å². The molecule has 0 N–H and O–H groups in total. The molecule has 0 aliphatic carbocycles. The van der Waals surface area contributed by atoms with E-state index < -0.39 is 10.0 Å². The number of benzene rings is 2. The third-order valence-electron chi connectivity index (χ3n) is 6.46. The standard InChI is InChI=1S/C28H30N4O5S/c1-20(2)15-31(16-21-4-6-26-22(12-21)8-10-36-26)28(33)18-32(17-24-14-29-19-30(24)3)38(34,35)25-5-7-27-23(13-25)9-11-37-27/h4-14,19-20H,15-18H2,1-3H3. The molecule has 5 rings (SSSR count). The van der Waals surface area contributed by atoms with Crippen LogP contribution in [0.3, 0.4) is 0 Å². The Balaban J connectivity index is 1.45. The minimum absolute atomic E-state index is 0.00446. The molecule has 3 aromatic heterocycles. The summed E-state index contributed by atoms with van der Waals surface area (Å²) in [5, 5.41) is 1.63. The number of aromatic nitrogens is 2. The Labute approximate surface area is 221 Å². The molecule has 2 aromatic carbocycles. The summed E-state index contributed by atoms with van der Waals surface area (Å²) >= 11 is 0. The third-order valence-corrected chi connectivity index (χ3v) is 8.24. The largest absolute Gasteiger partial charge is 0.464 e. The average Bonchev–Trinajstić information content (AvgIpc) is 3.63. The molecule has 198 valence electrons. The number of hydrogen-bond donors (Lipinski definition) is 0. The minimum Gasteiger partial charge on any atom is -0.464 e. The van der Waals surface area contributed by atoms with E-state index in [0.29, 0.717) is 29.8 Å². The quantitative estimate of drug-likeness (QED) is 0.255. The van der Waals surface area contributed by atoms with Crippen molar-refractivity contribution in [1.29, 1.82) is 0 Å². The number of imidazole rings is 1. The summed E-state index contributed by atoms with van der Waals surface area (Å²) in [7, 11) is -2.23. The molecule has 9 nitrogen and oxygen atoms in total. The lowest BCUT2D eigenvalue weighted by molar-refractivity contribution is -0.132. The van der Waals surface area contributed by atoms with Gasteiger partial charge in [-0.05, 0) is 53.9 Å². The van der Waals surface area contributed by atoms with E-state index in [4.69, 9.17) is 8.83 Å². The molecule has 0 aliphatic heterocycles. The van der Waals surface area contributed by atoms with Crippen LogP contribution < -0.4 is 0 Å². The zero-order valence-electron chi connectivity index (χ0n) is 21.6. The molecule has 0 saturated carbocycles. The summed E-state index contributed by atoms with van der Waals surface area (Å²) in [5.41, 5.74) is 2.99. The number of fused-ring (bicyclic) bond motifs is 2. The van der Waals surface area contributed by atoms with E-state index in [9.17, 15) is 13.2 Å². The average molecular weight is 535 g/mol. The summed E-state index contributed by atoms with van der Waals surface area (Å²) in [6.07, 6.45) is 6.37. The molecule has 0 unspecified atom stereocenters. The summed E-state index contributed by atoms with van der Waals surface area (Å²) in [6, 6.07) is 14.1. The Bertz CT molecular complexity index is 1680. The van der Waals surface area contributed by atoms with Crippen molar-refractivity contribution in [1.82, 2.24) is 18.8 Å². The van der Waals surface area contributed by atoms with E-state index in [1.807, 2.05) is 38.1 Å². The summed E-state index contributed by atoms with van der Waals surface area (Å²) in [5.74, 6) is -0.0802. The first-order valence-corrected chi connectivity index (χ1v) is 13.8. The number of aryl methyl sites for hydroxylation is 1. The van der Waals surface area contributed by atoms with Gasteiger partial charge in [0, 0.05) is 37.1 Å². The zero-order chi connectivity index (χ0) is 26.9. The second-order valence-electron chi connectivity index (χ2n) is 9.85. The van der Waals surface area contributed by atoms with Gasteiger partial charge in [-0.2, -0.15) is 4.31 Å². The molecule has 0 atom stereocenters. The van der Waals surface area contributed by atoms with Crippen LogP contribution >= 0.6 is 0 Å². The first kappa shape index (κ1) is 25.7. The molecule has 0 spiro atoms. The molecule has 3 heterocycles. The van der Waals surface area contributed by atoms with Crippen LogP contribution in [0.1, 0.15) is 25.1 Å². The molecule has 1 amide bonds. The minimum atomic E-state index is -4.02. The number of nitrogens with zero attached hydrogens (tertiary/aromatic N) is 4. The van der Waals surface area contributed by atoms with E-state index >= 15 is 0 Å². The molecule has 38 heavy (non-hydrogen) atoms. The van der Waals surface area contributed by atoms with Crippen molar-refractivity contribution in [3.8, 4) is 0 Å². The topological polar surface area (TPSA) is 102 Å². The molecule has 0 fully saturated rings. The van der Waals surface area contributed by atoms with Crippen molar-refractivity contribution in [2.75, 3.05) is 13.1 Å². The highest BCUT2D eigenvalue weighted by molar-refractivity contribution is 7.89. The number of carbonyl (C=O) groups excluding carboxylic acids is 1. The lowest BCUT2D eigenvalue weighted by atomic mass is 10.1. The first-order valence-electron chi connectivity index (χ1n) is 12.4. The fourth-order valence-electron chi connectivity index (χ4n) is 4.48. The second-order valence-corrected chi connectivity index (χ2v) is 11.8. The number of amides is 1. The Morgan fingerprint density at radius 3 is 2.32 bits per heavy atom. The Morgan fingerprint density at radius 1 is 0.974 bits per heavy atom. The van der Waals surface area contributed by atoms with Crippen LogP contribution in [0.25, 0.3) is 21.9 Å². The maximum absolute atomic E-state index is 13.9. The molecule has 0 aliphatic rings. The van der Waals surface area contributed by atoms with Crippen LogP contribution in [0.5, 0.6) is 0 Å². The zero-order valence-corrected chi connectivity index (χ0v) is 22.4. The number of rotatable bonds is 10. The summed E-state index contributed by atoms with van der Waals surface area (Å²) < 4.78 is 41.5. The smallest absolute Gasteiger partial charge is 0.243 e. The predicted octanol–water partition coefficient (Wildman–Crippen LogP) is 4.79. The molecule has 0 bridgehead atoms. The maximum Gasteiger partial charge on any atom is 0.243 e. The number of furan rings is 2. The van der Waals surface area contributed by atoms with E-state index in [2.05, 4.69) is 4.98 Å². The van der Waals surface area contributed by atoms with Crippen LogP contribution in [0.15, 0.2) is 87.3 Å². The third kappa shape index (κ3) is 5.36. The van der Waals surface area contributed by atoms with Gasteiger partial charge in [-0.25, -0.2) is 13.4 Å². The van der Waals surface area contributed by atoms with Gasteiger partial charge in [0.15, 0.2) is 0 Å². The number of hydrogen-bond acceptors (Lipinski definition) is 6. The van der Waals surface area contributed by atoms with Crippen molar-refractivity contribution >= 4 is 37.9 Å². The molecule has 0 radical (unpaired) electrons. The lowest BCUT2D eigenvalue weighted by Gasteiger charge is -2.28. The van der Waals surface area contributed by atoms with Crippen molar-refractivity contribution in [2.24, 2.45) is 13.0 Å². The molecule has 5 aromatic rings. The Kier molecular flexibility index (Phi) is 7.09. The van der Waals surface area contributed by atoms with Crippen LogP contribution in [-0.4, -0.2) is 46.2 Å². The van der Waals surface area contributed by atoms with Gasteiger partial charge < -0.3 is 18.3 Å². The van der Waals surface area contributed by atoms with Crippen molar-refractivity contribution in [3.63, 3.8) is 0 Å². The van der Waals surface area contributed by atoms with Gasteiger partial charge in [-0.15, -0.1) is 0 Å². The Hall–Kier alpha value is -3.89. The van der Waals surface area contributed by atoms with Crippen molar-refractivity contribution in [2.45, 2.75) is 31.8 Å². The monoisotopic (exact) mass is 534 g/mol. The number of carbonyl (C=O) groups is 1. The molecule has 0 saturated heterocycles. The molecular weight excluding hydrogens is 504 g/mol. The SMILES string of the molecule is CC(C)CN(Cc1ccc2occc2c1)C(=O)CN(Cc1cncn1C)S(=O)(=O)c1ccc2occc2c1. The summed E-state index contributed by atoms with van der Waals surface area (Å²) in [6.45, 7) is 4.61. The van der Waals surface area contributed by atoms with Gasteiger partial charge in [0.05, 0.1) is 42.5 Å². The molecular formula is C28H30N4O5S. The van der Waals surface area contributed by atoms with Crippen LogP contribution in [0, 0.1) is 5.92 Å². The summed E-state index contributed by atoms with van der Waals surface area (Å²) in [4.78, 5) is 19.7. The normalized spacial score (nSPS) is 12.2. The van der Waals surface area contributed by atoms with Gasteiger partial charge in [0.2, 0.25) is 15.9 Å². The van der Waals surface area contributed by atoms with Crippen LogP contribution in [0.4, 0.5) is 0 Å². The first-order chi connectivity index (χ1) is 18.2. The maximum atomic E-state index is 13.9. The van der Waals surface area contributed by atoms with E-state index in [1.165, 1.54) is 16.6 Å². The lowest BCUT2D eigenvalue weighted by Crippen LogP contribution is -2.43. The predicted molar refractivity (Wildman–Crippen MR) is 143 cm³/mol. The Morgan fingerprint density at radius 2 is 1.66 bits per heavy atom. The van der Waals surface area contributed by atoms with E-state index in [-0.39, 0.29) is 29.8 Å². The second kappa shape index (κ2) is 10.5. The highest BCUT2D eigenvalue weighted by Crippen LogP contribution is 2.25. The van der Waals surface area contributed by atoms with Crippen LogP contribution in [0.2, 0.25) is 0 Å². The fraction of sp³-hybridized carbons (Fsp3) is 0.286.